The van der Waals surface area contributed by atoms with Crippen LogP contribution in [0.3, 0.4) is 0 Å². The number of phenols is 1. The Kier molecular flexibility index (Phi) is 4.41. The number of hydrogen-bond donors (Lipinski definition) is 1. The predicted octanol–water partition coefficient (Wildman–Crippen LogP) is 4.28. The van der Waals surface area contributed by atoms with Gasteiger partial charge in [0.05, 0.1) is 11.4 Å². The lowest BCUT2D eigenvalue weighted by Gasteiger charge is -2.12. The fourth-order valence-electron chi connectivity index (χ4n) is 2.18. The first-order valence-corrected chi connectivity index (χ1v) is 8.02. The third-order valence-electron chi connectivity index (χ3n) is 3.33. The van der Waals surface area contributed by atoms with E-state index in [0.29, 0.717) is 10.6 Å². The Balaban J connectivity index is 1.86. The second-order valence-electron chi connectivity index (χ2n) is 4.96. The molecule has 3 rings (SSSR count). The molecule has 0 saturated carbocycles. The van der Waals surface area contributed by atoms with E-state index in [1.54, 1.807) is 12.1 Å². The van der Waals surface area contributed by atoms with Crippen molar-refractivity contribution in [2.45, 2.75) is 6.54 Å². The summed E-state index contributed by atoms with van der Waals surface area (Å²) >= 11 is 6.75. The number of thioether (sulfide) groups is 1. The van der Waals surface area contributed by atoms with Gasteiger partial charge in [-0.2, -0.15) is 0 Å². The largest absolute Gasteiger partial charge is 0.507 e. The first kappa shape index (κ1) is 15.6. The van der Waals surface area contributed by atoms with E-state index in [-0.39, 0.29) is 28.3 Å². The molecule has 1 N–H and O–H groups in total. The van der Waals surface area contributed by atoms with E-state index in [4.69, 9.17) is 11.6 Å². The first-order valence-electron chi connectivity index (χ1n) is 6.82. The number of aromatic hydroxyl groups is 1. The van der Waals surface area contributed by atoms with E-state index in [9.17, 15) is 14.7 Å². The van der Waals surface area contributed by atoms with Crippen LogP contribution in [0.5, 0.6) is 5.75 Å². The van der Waals surface area contributed by atoms with Crippen molar-refractivity contribution in [3.8, 4) is 5.75 Å². The fourth-order valence-corrected chi connectivity index (χ4v) is 3.19. The monoisotopic (exact) mass is 345 g/mol. The second-order valence-corrected chi connectivity index (χ2v) is 6.39. The van der Waals surface area contributed by atoms with Crippen LogP contribution in [0.25, 0.3) is 6.08 Å². The molecule has 23 heavy (non-hydrogen) atoms. The fraction of sp³-hybridized carbons (Fsp3) is 0.0588. The first-order chi connectivity index (χ1) is 11.0. The van der Waals surface area contributed by atoms with Crippen LogP contribution in [0, 0.1) is 0 Å². The third-order valence-corrected chi connectivity index (χ3v) is 4.48. The number of rotatable bonds is 3. The highest BCUT2D eigenvalue weighted by Gasteiger charge is 2.35. The van der Waals surface area contributed by atoms with Gasteiger partial charge in [0.15, 0.2) is 0 Å². The summed E-state index contributed by atoms with van der Waals surface area (Å²) in [5.41, 5.74) is 1.28. The summed E-state index contributed by atoms with van der Waals surface area (Å²) in [5, 5.41) is 9.94. The summed E-state index contributed by atoms with van der Waals surface area (Å²) in [5.74, 6) is -0.368. The number of nitrogens with zero attached hydrogens (tertiary/aromatic N) is 1. The third kappa shape index (κ3) is 3.41. The minimum atomic E-state index is -0.372. The number of benzene rings is 2. The Morgan fingerprint density at radius 1 is 1.13 bits per heavy atom. The molecule has 2 aromatic carbocycles. The molecule has 0 bridgehead atoms. The number of carbonyl (C=O) groups is 2. The van der Waals surface area contributed by atoms with Crippen molar-refractivity contribution in [1.29, 1.82) is 0 Å². The summed E-state index contributed by atoms with van der Waals surface area (Å²) in [6.07, 6.45) is 1.48. The molecule has 1 aliphatic rings. The zero-order valence-electron chi connectivity index (χ0n) is 11.9. The van der Waals surface area contributed by atoms with Crippen molar-refractivity contribution in [3.63, 3.8) is 0 Å². The van der Waals surface area contributed by atoms with E-state index in [1.807, 2.05) is 30.3 Å². The van der Waals surface area contributed by atoms with E-state index in [0.717, 1.165) is 17.3 Å². The Morgan fingerprint density at radius 3 is 2.61 bits per heavy atom. The lowest BCUT2D eigenvalue weighted by atomic mass is 10.2. The Bertz CT molecular complexity index is 805. The standard InChI is InChI=1S/C17H12ClNO3S/c18-13-6-7-14(20)12(8-13)9-15-16(21)19(17(22)23-15)10-11-4-2-1-3-5-11/h1-9,20H,10H2/b15-9-. The summed E-state index contributed by atoms with van der Waals surface area (Å²) in [4.78, 5) is 26.0. The molecule has 1 saturated heterocycles. The van der Waals surface area contributed by atoms with Crippen LogP contribution in [0.4, 0.5) is 4.79 Å². The van der Waals surface area contributed by atoms with Crippen LogP contribution >= 0.6 is 23.4 Å². The average molecular weight is 346 g/mol. The highest BCUT2D eigenvalue weighted by Crippen LogP contribution is 2.35. The van der Waals surface area contributed by atoms with Crippen LogP contribution < -0.4 is 0 Å². The maximum Gasteiger partial charge on any atom is 0.293 e. The molecule has 4 nitrogen and oxygen atoms in total. The number of halogens is 1. The van der Waals surface area contributed by atoms with Crippen LogP contribution in [0.15, 0.2) is 53.4 Å². The van der Waals surface area contributed by atoms with Gasteiger partial charge in [-0.25, -0.2) is 0 Å². The van der Waals surface area contributed by atoms with Crippen molar-refractivity contribution in [2.75, 3.05) is 0 Å². The summed E-state index contributed by atoms with van der Waals surface area (Å²) in [7, 11) is 0. The van der Waals surface area contributed by atoms with Gasteiger partial charge >= 0.3 is 0 Å². The molecule has 0 unspecified atom stereocenters. The smallest absolute Gasteiger partial charge is 0.293 e. The maximum absolute atomic E-state index is 12.4. The van der Waals surface area contributed by atoms with Gasteiger partial charge in [-0.1, -0.05) is 41.9 Å². The predicted molar refractivity (Wildman–Crippen MR) is 91.1 cm³/mol. The van der Waals surface area contributed by atoms with E-state index in [2.05, 4.69) is 0 Å². The van der Waals surface area contributed by atoms with Crippen LogP contribution in [0.1, 0.15) is 11.1 Å². The zero-order valence-corrected chi connectivity index (χ0v) is 13.5. The molecule has 0 spiro atoms. The van der Waals surface area contributed by atoms with Crippen molar-refractivity contribution in [1.82, 2.24) is 4.90 Å². The lowest BCUT2D eigenvalue weighted by Crippen LogP contribution is -2.27. The molecule has 0 atom stereocenters. The summed E-state index contributed by atoms with van der Waals surface area (Å²) in [6.45, 7) is 0.227. The Morgan fingerprint density at radius 2 is 1.87 bits per heavy atom. The normalized spacial score (nSPS) is 16.4. The number of phenolic OH excluding ortho intramolecular Hbond substituents is 1. The molecular formula is C17H12ClNO3S. The molecule has 1 heterocycles. The highest BCUT2D eigenvalue weighted by atomic mass is 35.5. The Labute approximate surface area is 142 Å². The number of hydrogen-bond acceptors (Lipinski definition) is 4. The van der Waals surface area contributed by atoms with E-state index in [1.165, 1.54) is 17.0 Å². The lowest BCUT2D eigenvalue weighted by molar-refractivity contribution is -0.123. The van der Waals surface area contributed by atoms with Gasteiger partial charge in [0.2, 0.25) is 0 Å². The summed E-state index contributed by atoms with van der Waals surface area (Å²) < 4.78 is 0. The number of imide groups is 1. The molecule has 1 aliphatic heterocycles. The number of carbonyl (C=O) groups excluding carboxylic acids is 2. The van der Waals surface area contributed by atoms with Gasteiger partial charge in [-0.3, -0.25) is 14.5 Å². The minimum absolute atomic E-state index is 0.00394. The maximum atomic E-state index is 12.4. The topological polar surface area (TPSA) is 57.6 Å². The van der Waals surface area contributed by atoms with Gasteiger partial charge in [-0.15, -0.1) is 0 Å². The van der Waals surface area contributed by atoms with Gasteiger partial charge in [-0.05, 0) is 41.6 Å². The van der Waals surface area contributed by atoms with Crippen molar-refractivity contribution in [2.24, 2.45) is 0 Å². The Hall–Kier alpha value is -2.24. The molecular weight excluding hydrogens is 334 g/mol. The molecule has 0 aliphatic carbocycles. The SMILES string of the molecule is O=C1S/C(=C\c2cc(Cl)ccc2O)C(=O)N1Cc1ccccc1. The van der Waals surface area contributed by atoms with Crippen molar-refractivity contribution in [3.05, 3.63) is 69.6 Å². The van der Waals surface area contributed by atoms with E-state index >= 15 is 0 Å². The van der Waals surface area contributed by atoms with Crippen molar-refractivity contribution >= 4 is 40.6 Å². The van der Waals surface area contributed by atoms with Gasteiger partial charge < -0.3 is 5.11 Å². The number of amides is 2. The quantitative estimate of drug-likeness (QED) is 0.843. The molecule has 6 heteroatoms. The van der Waals surface area contributed by atoms with Crippen LogP contribution in [0.2, 0.25) is 5.02 Å². The molecule has 2 amide bonds. The molecule has 0 aromatic heterocycles. The average Bonchev–Trinajstić information content (AvgIpc) is 2.80. The van der Waals surface area contributed by atoms with Gasteiger partial charge in [0.1, 0.15) is 5.75 Å². The molecule has 2 aromatic rings. The van der Waals surface area contributed by atoms with Crippen LogP contribution in [-0.2, 0) is 11.3 Å². The zero-order chi connectivity index (χ0) is 16.4. The van der Waals surface area contributed by atoms with Gasteiger partial charge in [0.25, 0.3) is 11.1 Å². The molecule has 116 valence electrons. The molecule has 1 fully saturated rings. The van der Waals surface area contributed by atoms with Gasteiger partial charge in [0, 0.05) is 10.6 Å². The molecule has 0 radical (unpaired) electrons. The second kappa shape index (κ2) is 6.48. The van der Waals surface area contributed by atoms with E-state index < -0.39 is 0 Å². The van der Waals surface area contributed by atoms with Crippen LogP contribution in [-0.4, -0.2) is 21.2 Å². The summed E-state index contributed by atoms with van der Waals surface area (Å²) in [6, 6.07) is 13.8. The van der Waals surface area contributed by atoms with Crippen molar-refractivity contribution < 1.29 is 14.7 Å². The highest BCUT2D eigenvalue weighted by molar-refractivity contribution is 8.18. The minimum Gasteiger partial charge on any atom is -0.507 e.